The third-order valence-electron chi connectivity index (χ3n) is 4.99. The first-order valence-electron chi connectivity index (χ1n) is 8.60. The molecule has 2 fully saturated rings. The number of carbonyl (C=O) groups excluding carboxylic acids is 1. The highest BCUT2D eigenvalue weighted by molar-refractivity contribution is 5.83. The van der Waals surface area contributed by atoms with Crippen molar-refractivity contribution in [1.29, 1.82) is 0 Å². The van der Waals surface area contributed by atoms with Gasteiger partial charge in [-0.25, -0.2) is 4.39 Å². The van der Waals surface area contributed by atoms with Gasteiger partial charge in [-0.1, -0.05) is 12.1 Å². The average Bonchev–Trinajstić information content (AvgIpc) is 2.55. The Morgan fingerprint density at radius 1 is 1.26 bits per heavy atom. The van der Waals surface area contributed by atoms with Crippen LogP contribution < -0.4 is 5.32 Å². The summed E-state index contributed by atoms with van der Waals surface area (Å²) in [4.78, 5) is 17.2. The van der Waals surface area contributed by atoms with E-state index in [1.807, 2.05) is 11.0 Å². The molecule has 1 amide bonds. The van der Waals surface area contributed by atoms with Crippen LogP contribution in [0.2, 0.25) is 0 Å². The van der Waals surface area contributed by atoms with Crippen LogP contribution >= 0.6 is 0 Å². The zero-order chi connectivity index (χ0) is 16.4. The van der Waals surface area contributed by atoms with E-state index in [9.17, 15) is 9.18 Å². The first-order chi connectivity index (χ1) is 11.1. The van der Waals surface area contributed by atoms with Crippen molar-refractivity contribution in [3.8, 4) is 0 Å². The molecule has 2 aliphatic heterocycles. The number of piperidine rings is 1. The molecule has 1 N–H and O–H groups in total. The number of nitrogens with zero attached hydrogens (tertiary/aromatic N) is 2. The van der Waals surface area contributed by atoms with Crippen LogP contribution in [-0.2, 0) is 4.79 Å². The second-order valence-corrected chi connectivity index (χ2v) is 6.80. The Labute approximate surface area is 137 Å². The highest BCUT2D eigenvalue weighted by atomic mass is 19.1. The van der Waals surface area contributed by atoms with Crippen LogP contribution in [0.1, 0.15) is 38.3 Å². The molecule has 2 aliphatic rings. The molecule has 0 radical (unpaired) electrons. The molecule has 1 aromatic carbocycles. The highest BCUT2D eigenvalue weighted by Crippen LogP contribution is 2.29. The van der Waals surface area contributed by atoms with E-state index < -0.39 is 0 Å². The Morgan fingerprint density at radius 3 is 2.83 bits per heavy atom. The molecule has 2 saturated heterocycles. The fraction of sp³-hybridized carbons (Fsp3) is 0.611. The van der Waals surface area contributed by atoms with Crippen molar-refractivity contribution in [2.75, 3.05) is 26.2 Å². The van der Waals surface area contributed by atoms with Crippen LogP contribution in [0.25, 0.3) is 0 Å². The topological polar surface area (TPSA) is 35.6 Å². The summed E-state index contributed by atoms with van der Waals surface area (Å²) in [6.45, 7) is 7.45. The molecule has 0 bridgehead atoms. The number of halogens is 1. The lowest BCUT2D eigenvalue weighted by atomic mass is 9.95. The van der Waals surface area contributed by atoms with Crippen molar-refractivity contribution < 1.29 is 9.18 Å². The zero-order valence-electron chi connectivity index (χ0n) is 14.0. The average molecular weight is 319 g/mol. The van der Waals surface area contributed by atoms with Gasteiger partial charge in [0.2, 0.25) is 5.91 Å². The van der Waals surface area contributed by atoms with Gasteiger partial charge in [-0.3, -0.25) is 9.69 Å². The molecule has 23 heavy (non-hydrogen) atoms. The standard InChI is InChI=1S/C18H26FN3O/c1-13(2)21-9-4-7-16(18(21)23)22-10-8-20-12-17(22)14-5-3-6-15(19)11-14/h3,5-6,11,13,16-17,20H,4,7-10,12H2,1-2H3. The van der Waals surface area contributed by atoms with Gasteiger partial charge in [0.05, 0.1) is 6.04 Å². The van der Waals surface area contributed by atoms with Gasteiger partial charge in [-0.2, -0.15) is 0 Å². The predicted octanol–water partition coefficient (Wildman–Crippen LogP) is 2.17. The largest absolute Gasteiger partial charge is 0.339 e. The summed E-state index contributed by atoms with van der Waals surface area (Å²) in [5, 5.41) is 3.38. The number of benzene rings is 1. The van der Waals surface area contributed by atoms with Gasteiger partial charge in [0.25, 0.3) is 0 Å². The van der Waals surface area contributed by atoms with Crippen molar-refractivity contribution in [3.63, 3.8) is 0 Å². The van der Waals surface area contributed by atoms with Gasteiger partial charge in [0, 0.05) is 38.3 Å². The zero-order valence-corrected chi connectivity index (χ0v) is 14.0. The number of piperazine rings is 1. The third-order valence-corrected chi connectivity index (χ3v) is 4.99. The second-order valence-electron chi connectivity index (χ2n) is 6.80. The summed E-state index contributed by atoms with van der Waals surface area (Å²) in [7, 11) is 0. The van der Waals surface area contributed by atoms with Gasteiger partial charge < -0.3 is 10.2 Å². The van der Waals surface area contributed by atoms with Gasteiger partial charge in [-0.05, 0) is 44.4 Å². The highest BCUT2D eigenvalue weighted by Gasteiger charge is 2.38. The van der Waals surface area contributed by atoms with E-state index in [4.69, 9.17) is 0 Å². The molecule has 0 saturated carbocycles. The minimum atomic E-state index is -0.216. The molecule has 0 aromatic heterocycles. The Bertz CT molecular complexity index is 563. The SMILES string of the molecule is CC(C)N1CCCC(N2CCNCC2c2cccc(F)c2)C1=O. The molecule has 2 atom stereocenters. The number of carbonyl (C=O) groups is 1. The van der Waals surface area contributed by atoms with Crippen molar-refractivity contribution in [2.45, 2.75) is 44.8 Å². The van der Waals surface area contributed by atoms with Crippen molar-refractivity contribution >= 4 is 5.91 Å². The van der Waals surface area contributed by atoms with Crippen LogP contribution in [0.4, 0.5) is 4.39 Å². The number of nitrogens with one attached hydrogen (secondary N) is 1. The smallest absolute Gasteiger partial charge is 0.240 e. The van der Waals surface area contributed by atoms with Gasteiger partial charge in [0.15, 0.2) is 0 Å². The molecule has 0 spiro atoms. The molecule has 126 valence electrons. The van der Waals surface area contributed by atoms with Gasteiger partial charge in [0.1, 0.15) is 5.82 Å². The number of hydrogen-bond acceptors (Lipinski definition) is 3. The second kappa shape index (κ2) is 6.97. The first-order valence-corrected chi connectivity index (χ1v) is 8.60. The van der Waals surface area contributed by atoms with Crippen molar-refractivity contribution in [1.82, 2.24) is 15.1 Å². The molecular weight excluding hydrogens is 293 g/mol. The lowest BCUT2D eigenvalue weighted by Crippen LogP contribution is -2.59. The number of rotatable bonds is 3. The number of likely N-dealkylation sites (tertiary alicyclic amines) is 1. The normalized spacial score (nSPS) is 26.8. The van der Waals surface area contributed by atoms with Crippen molar-refractivity contribution in [3.05, 3.63) is 35.6 Å². The molecule has 3 rings (SSSR count). The summed E-state index contributed by atoms with van der Waals surface area (Å²) in [6, 6.07) is 6.99. The van der Waals surface area contributed by atoms with E-state index in [1.54, 1.807) is 12.1 Å². The Morgan fingerprint density at radius 2 is 2.09 bits per heavy atom. The molecule has 4 nitrogen and oxygen atoms in total. The summed E-state index contributed by atoms with van der Waals surface area (Å²) < 4.78 is 13.6. The van der Waals surface area contributed by atoms with Crippen LogP contribution in [0.5, 0.6) is 0 Å². The molecule has 0 aliphatic carbocycles. The lowest BCUT2D eigenvalue weighted by Gasteiger charge is -2.45. The Balaban J connectivity index is 1.85. The minimum Gasteiger partial charge on any atom is -0.339 e. The van der Waals surface area contributed by atoms with E-state index in [0.717, 1.165) is 44.6 Å². The first kappa shape index (κ1) is 16.4. The van der Waals surface area contributed by atoms with E-state index in [1.165, 1.54) is 6.07 Å². The Kier molecular flexibility index (Phi) is 4.97. The summed E-state index contributed by atoms with van der Waals surface area (Å²) >= 11 is 0. The van der Waals surface area contributed by atoms with Crippen LogP contribution in [0, 0.1) is 5.82 Å². The summed E-state index contributed by atoms with van der Waals surface area (Å²) in [5.74, 6) is 0.0151. The van der Waals surface area contributed by atoms with Crippen molar-refractivity contribution in [2.24, 2.45) is 0 Å². The molecular formula is C18H26FN3O. The summed E-state index contributed by atoms with van der Waals surface area (Å²) in [5.41, 5.74) is 0.951. The van der Waals surface area contributed by atoms with Crippen LogP contribution in [0.3, 0.4) is 0 Å². The predicted molar refractivity (Wildman–Crippen MR) is 88.6 cm³/mol. The third kappa shape index (κ3) is 3.40. The van der Waals surface area contributed by atoms with Gasteiger partial charge in [-0.15, -0.1) is 0 Å². The molecule has 2 heterocycles. The maximum Gasteiger partial charge on any atom is 0.240 e. The molecule has 2 unspecified atom stereocenters. The summed E-state index contributed by atoms with van der Waals surface area (Å²) in [6.07, 6.45) is 1.93. The van der Waals surface area contributed by atoms with E-state index in [-0.39, 0.29) is 29.8 Å². The Hall–Kier alpha value is -1.46. The van der Waals surface area contributed by atoms with E-state index >= 15 is 0 Å². The maximum atomic E-state index is 13.6. The maximum absolute atomic E-state index is 13.6. The fourth-order valence-electron chi connectivity index (χ4n) is 3.82. The van der Waals surface area contributed by atoms with Gasteiger partial charge >= 0.3 is 0 Å². The molecule has 1 aromatic rings. The molecule has 5 heteroatoms. The lowest BCUT2D eigenvalue weighted by molar-refractivity contribution is -0.143. The van der Waals surface area contributed by atoms with E-state index in [2.05, 4.69) is 24.1 Å². The van der Waals surface area contributed by atoms with Crippen LogP contribution in [0.15, 0.2) is 24.3 Å². The van der Waals surface area contributed by atoms with E-state index in [0.29, 0.717) is 0 Å². The quantitative estimate of drug-likeness (QED) is 0.927. The minimum absolute atomic E-state index is 0.0560. The van der Waals surface area contributed by atoms with Crippen LogP contribution in [-0.4, -0.2) is 54.0 Å². The number of hydrogen-bond donors (Lipinski definition) is 1. The number of amides is 1. The monoisotopic (exact) mass is 319 g/mol. The fourth-order valence-corrected chi connectivity index (χ4v) is 3.82.